The van der Waals surface area contributed by atoms with Crippen LogP contribution in [0.5, 0.6) is 11.5 Å². The van der Waals surface area contributed by atoms with Crippen molar-refractivity contribution in [3.63, 3.8) is 0 Å². The van der Waals surface area contributed by atoms with Crippen molar-refractivity contribution in [1.82, 2.24) is 10.6 Å². The van der Waals surface area contributed by atoms with E-state index in [2.05, 4.69) is 17.6 Å². The molecule has 0 spiro atoms. The molecule has 112 valence electrons. The minimum Gasteiger partial charge on any atom is -0.490 e. The van der Waals surface area contributed by atoms with Gasteiger partial charge in [-0.15, -0.1) is 0 Å². The van der Waals surface area contributed by atoms with Crippen LogP contribution in [0.4, 0.5) is 0 Å². The predicted molar refractivity (Wildman–Crippen MR) is 79.2 cm³/mol. The Morgan fingerprint density at radius 3 is 2.70 bits per heavy atom. The second kappa shape index (κ2) is 9.20. The fourth-order valence-electron chi connectivity index (χ4n) is 1.74. The number of carbonyl (C=O) groups is 1. The van der Waals surface area contributed by atoms with Crippen LogP contribution in [0.25, 0.3) is 0 Å². The number of likely N-dealkylation sites (N-methyl/N-ethyl adjacent to an activating group) is 1. The molecule has 0 saturated carbocycles. The SMILES string of the molecule is CCCNCc1cccc(OCC)c1OCC(=O)NC. The van der Waals surface area contributed by atoms with Gasteiger partial charge in [0.05, 0.1) is 6.61 Å². The lowest BCUT2D eigenvalue weighted by molar-refractivity contribution is -0.122. The van der Waals surface area contributed by atoms with E-state index in [9.17, 15) is 4.79 Å². The van der Waals surface area contributed by atoms with Gasteiger partial charge in [-0.2, -0.15) is 0 Å². The molecule has 0 radical (unpaired) electrons. The van der Waals surface area contributed by atoms with Crippen molar-refractivity contribution in [1.29, 1.82) is 0 Å². The van der Waals surface area contributed by atoms with E-state index in [-0.39, 0.29) is 12.5 Å². The van der Waals surface area contributed by atoms with Gasteiger partial charge >= 0.3 is 0 Å². The van der Waals surface area contributed by atoms with Gasteiger partial charge in [0.1, 0.15) is 0 Å². The molecule has 0 aliphatic heterocycles. The number of carbonyl (C=O) groups excluding carboxylic acids is 1. The van der Waals surface area contributed by atoms with Crippen LogP contribution < -0.4 is 20.1 Å². The quantitative estimate of drug-likeness (QED) is 0.676. The second-order valence-electron chi connectivity index (χ2n) is 4.32. The highest BCUT2D eigenvalue weighted by atomic mass is 16.5. The van der Waals surface area contributed by atoms with Crippen molar-refractivity contribution in [2.45, 2.75) is 26.8 Å². The average molecular weight is 280 g/mol. The standard InChI is InChI=1S/C15H24N2O3/c1-4-9-17-10-12-7-6-8-13(19-5-2)15(12)20-11-14(18)16-3/h6-8,17H,4-5,9-11H2,1-3H3,(H,16,18). The monoisotopic (exact) mass is 280 g/mol. The maximum Gasteiger partial charge on any atom is 0.257 e. The van der Waals surface area contributed by atoms with Gasteiger partial charge in [0.2, 0.25) is 0 Å². The van der Waals surface area contributed by atoms with Crippen LogP contribution in [0.2, 0.25) is 0 Å². The smallest absolute Gasteiger partial charge is 0.257 e. The molecular weight excluding hydrogens is 256 g/mol. The zero-order valence-corrected chi connectivity index (χ0v) is 12.5. The number of hydrogen-bond acceptors (Lipinski definition) is 4. The Kier molecular flexibility index (Phi) is 7.50. The minimum absolute atomic E-state index is 0.0125. The van der Waals surface area contributed by atoms with E-state index in [0.29, 0.717) is 24.7 Å². The van der Waals surface area contributed by atoms with Crippen LogP contribution in [-0.4, -0.2) is 32.7 Å². The van der Waals surface area contributed by atoms with Crippen molar-refractivity contribution >= 4 is 5.91 Å². The maximum absolute atomic E-state index is 11.3. The van der Waals surface area contributed by atoms with Gasteiger partial charge in [-0.25, -0.2) is 0 Å². The van der Waals surface area contributed by atoms with Crippen LogP contribution >= 0.6 is 0 Å². The lowest BCUT2D eigenvalue weighted by Crippen LogP contribution is -2.25. The Labute approximate surface area is 120 Å². The van der Waals surface area contributed by atoms with Gasteiger partial charge in [0.15, 0.2) is 18.1 Å². The highest BCUT2D eigenvalue weighted by Gasteiger charge is 2.12. The normalized spacial score (nSPS) is 10.2. The molecule has 0 unspecified atom stereocenters. The van der Waals surface area contributed by atoms with Crippen LogP contribution in [0.1, 0.15) is 25.8 Å². The summed E-state index contributed by atoms with van der Waals surface area (Å²) in [7, 11) is 1.59. The summed E-state index contributed by atoms with van der Waals surface area (Å²) in [4.78, 5) is 11.3. The summed E-state index contributed by atoms with van der Waals surface area (Å²) in [5.74, 6) is 1.15. The van der Waals surface area contributed by atoms with E-state index in [0.717, 1.165) is 18.5 Å². The van der Waals surface area contributed by atoms with Crippen LogP contribution in [-0.2, 0) is 11.3 Å². The summed E-state index contributed by atoms with van der Waals surface area (Å²) < 4.78 is 11.2. The fourth-order valence-corrected chi connectivity index (χ4v) is 1.74. The van der Waals surface area contributed by atoms with Gasteiger partial charge in [0, 0.05) is 19.2 Å². The number of benzene rings is 1. The van der Waals surface area contributed by atoms with Crippen molar-refractivity contribution in [2.24, 2.45) is 0 Å². The molecule has 0 aromatic heterocycles. The van der Waals surface area contributed by atoms with E-state index in [4.69, 9.17) is 9.47 Å². The first-order chi connectivity index (χ1) is 9.72. The van der Waals surface area contributed by atoms with Gasteiger partial charge < -0.3 is 20.1 Å². The molecule has 1 amide bonds. The van der Waals surface area contributed by atoms with Gasteiger partial charge in [-0.3, -0.25) is 4.79 Å². The summed E-state index contributed by atoms with van der Waals surface area (Å²) in [5.41, 5.74) is 0.994. The molecular formula is C15H24N2O3. The number of ether oxygens (including phenoxy) is 2. The Morgan fingerprint density at radius 1 is 1.25 bits per heavy atom. The topological polar surface area (TPSA) is 59.6 Å². The first-order valence-electron chi connectivity index (χ1n) is 7.01. The third-order valence-electron chi connectivity index (χ3n) is 2.73. The van der Waals surface area contributed by atoms with Crippen molar-refractivity contribution in [3.8, 4) is 11.5 Å². The van der Waals surface area contributed by atoms with E-state index >= 15 is 0 Å². The minimum atomic E-state index is -0.163. The summed E-state index contributed by atoms with van der Waals surface area (Å²) in [6.07, 6.45) is 1.07. The van der Waals surface area contributed by atoms with Crippen molar-refractivity contribution < 1.29 is 14.3 Å². The second-order valence-corrected chi connectivity index (χ2v) is 4.32. The molecule has 0 atom stereocenters. The molecule has 1 aromatic carbocycles. The Balaban J connectivity index is 2.84. The van der Waals surface area contributed by atoms with Crippen molar-refractivity contribution in [2.75, 3.05) is 26.8 Å². The van der Waals surface area contributed by atoms with E-state index in [1.807, 2.05) is 25.1 Å². The van der Waals surface area contributed by atoms with Gasteiger partial charge in [0.25, 0.3) is 5.91 Å². The van der Waals surface area contributed by atoms with Crippen LogP contribution in [0.3, 0.4) is 0 Å². The number of para-hydroxylation sites is 1. The largest absolute Gasteiger partial charge is 0.490 e. The molecule has 0 heterocycles. The maximum atomic E-state index is 11.3. The third kappa shape index (κ3) is 5.09. The summed E-state index contributed by atoms with van der Waals surface area (Å²) in [6, 6.07) is 5.76. The Bertz CT molecular complexity index is 422. The summed E-state index contributed by atoms with van der Waals surface area (Å²) in [5, 5.41) is 5.86. The summed E-state index contributed by atoms with van der Waals surface area (Å²) >= 11 is 0. The number of nitrogens with one attached hydrogen (secondary N) is 2. The molecule has 20 heavy (non-hydrogen) atoms. The predicted octanol–water partition coefficient (Wildman–Crippen LogP) is 1.71. The highest BCUT2D eigenvalue weighted by Crippen LogP contribution is 2.31. The molecule has 2 N–H and O–H groups in total. The number of amides is 1. The lowest BCUT2D eigenvalue weighted by atomic mass is 10.2. The highest BCUT2D eigenvalue weighted by molar-refractivity contribution is 5.77. The van der Waals surface area contributed by atoms with Crippen LogP contribution in [0.15, 0.2) is 18.2 Å². The first-order valence-corrected chi connectivity index (χ1v) is 7.01. The molecule has 5 nitrogen and oxygen atoms in total. The zero-order chi connectivity index (χ0) is 14.8. The Hall–Kier alpha value is -1.75. The van der Waals surface area contributed by atoms with E-state index < -0.39 is 0 Å². The summed E-state index contributed by atoms with van der Waals surface area (Å²) in [6.45, 7) is 6.21. The zero-order valence-electron chi connectivity index (χ0n) is 12.5. The molecule has 5 heteroatoms. The molecule has 0 fully saturated rings. The third-order valence-corrected chi connectivity index (χ3v) is 2.73. The van der Waals surface area contributed by atoms with Gasteiger partial charge in [-0.05, 0) is 26.0 Å². The molecule has 1 aromatic rings. The van der Waals surface area contributed by atoms with Crippen molar-refractivity contribution in [3.05, 3.63) is 23.8 Å². The molecule has 1 rings (SSSR count). The molecule has 0 aliphatic carbocycles. The molecule has 0 aliphatic rings. The lowest BCUT2D eigenvalue weighted by Gasteiger charge is -2.16. The number of hydrogen-bond donors (Lipinski definition) is 2. The van der Waals surface area contributed by atoms with E-state index in [1.54, 1.807) is 7.05 Å². The number of rotatable bonds is 9. The average Bonchev–Trinajstić information content (AvgIpc) is 2.46. The fraction of sp³-hybridized carbons (Fsp3) is 0.533. The van der Waals surface area contributed by atoms with E-state index in [1.165, 1.54) is 0 Å². The Morgan fingerprint density at radius 2 is 2.05 bits per heavy atom. The van der Waals surface area contributed by atoms with Crippen LogP contribution in [0, 0.1) is 0 Å². The first kappa shape index (κ1) is 16.3. The van der Waals surface area contributed by atoms with Gasteiger partial charge in [-0.1, -0.05) is 19.1 Å². The molecule has 0 bridgehead atoms. The molecule has 0 saturated heterocycles.